The molecule has 126 valence electrons. The summed E-state index contributed by atoms with van der Waals surface area (Å²) in [6.07, 6.45) is 1.87. The number of carbonyl (C=O) groups is 1. The second-order valence-corrected chi connectivity index (χ2v) is 6.31. The van der Waals surface area contributed by atoms with E-state index < -0.39 is 0 Å². The second-order valence-electron chi connectivity index (χ2n) is 6.31. The van der Waals surface area contributed by atoms with E-state index >= 15 is 0 Å². The summed E-state index contributed by atoms with van der Waals surface area (Å²) in [6.45, 7) is 3.92. The lowest BCUT2D eigenvalue weighted by molar-refractivity contribution is 0.102. The molecule has 3 rings (SSSR count). The number of hydrogen-bond acceptors (Lipinski definition) is 2. The van der Waals surface area contributed by atoms with Gasteiger partial charge >= 0.3 is 0 Å². The molecule has 25 heavy (non-hydrogen) atoms. The first-order chi connectivity index (χ1) is 12.1. The van der Waals surface area contributed by atoms with E-state index in [0.29, 0.717) is 11.4 Å². The predicted molar refractivity (Wildman–Crippen MR) is 102 cm³/mol. The molecule has 3 aromatic rings. The first-order valence-corrected chi connectivity index (χ1v) is 8.50. The quantitative estimate of drug-likeness (QED) is 0.734. The van der Waals surface area contributed by atoms with Gasteiger partial charge in [-0.2, -0.15) is 0 Å². The maximum atomic E-state index is 12.5. The van der Waals surface area contributed by atoms with Crippen LogP contribution in [0.1, 0.15) is 32.7 Å². The fraction of sp³-hybridized carbons (Fsp3) is 0.182. The van der Waals surface area contributed by atoms with E-state index in [0.717, 1.165) is 29.7 Å². The molecule has 0 bridgehead atoms. The molecule has 0 unspecified atom stereocenters. The molecule has 1 N–H and O–H groups in total. The third kappa shape index (κ3) is 4.77. The van der Waals surface area contributed by atoms with Crippen LogP contribution in [0.4, 0.5) is 5.82 Å². The van der Waals surface area contributed by atoms with Gasteiger partial charge in [-0.05, 0) is 67.6 Å². The van der Waals surface area contributed by atoms with Crippen molar-refractivity contribution in [3.05, 3.63) is 94.7 Å². The van der Waals surface area contributed by atoms with Gasteiger partial charge < -0.3 is 5.32 Å². The average molecular weight is 330 g/mol. The maximum Gasteiger partial charge on any atom is 0.256 e. The van der Waals surface area contributed by atoms with E-state index in [9.17, 15) is 4.79 Å². The molecule has 3 nitrogen and oxygen atoms in total. The molecule has 0 aliphatic rings. The number of pyridine rings is 1. The third-order valence-electron chi connectivity index (χ3n) is 4.07. The molecular weight excluding hydrogens is 308 g/mol. The van der Waals surface area contributed by atoms with Crippen molar-refractivity contribution < 1.29 is 4.79 Å². The number of amides is 1. The van der Waals surface area contributed by atoms with Crippen molar-refractivity contribution in [1.82, 2.24) is 4.98 Å². The topological polar surface area (TPSA) is 42.0 Å². The van der Waals surface area contributed by atoms with Crippen LogP contribution >= 0.6 is 0 Å². The Hall–Kier alpha value is -2.94. The minimum absolute atomic E-state index is 0.126. The van der Waals surface area contributed by atoms with Crippen molar-refractivity contribution >= 4 is 11.7 Å². The Morgan fingerprint density at radius 3 is 2.36 bits per heavy atom. The summed E-state index contributed by atoms with van der Waals surface area (Å²) in [5.41, 5.74) is 5.10. The van der Waals surface area contributed by atoms with E-state index in [1.165, 1.54) is 5.56 Å². The van der Waals surface area contributed by atoms with E-state index in [-0.39, 0.29) is 5.91 Å². The molecule has 0 aliphatic carbocycles. The van der Waals surface area contributed by atoms with Crippen LogP contribution in [0.2, 0.25) is 0 Å². The fourth-order valence-corrected chi connectivity index (χ4v) is 2.90. The SMILES string of the molecule is Cc1cc(C)nc(NC(=O)c2cccc(CCc3ccccc3)c2)c1. The van der Waals surface area contributed by atoms with Crippen LogP contribution in [0, 0.1) is 13.8 Å². The summed E-state index contributed by atoms with van der Waals surface area (Å²) in [4.78, 5) is 16.9. The number of aryl methyl sites for hydroxylation is 4. The largest absolute Gasteiger partial charge is 0.307 e. The number of hydrogen-bond donors (Lipinski definition) is 1. The van der Waals surface area contributed by atoms with Crippen molar-refractivity contribution in [2.24, 2.45) is 0 Å². The van der Waals surface area contributed by atoms with Gasteiger partial charge in [0.15, 0.2) is 0 Å². The number of anilines is 1. The minimum atomic E-state index is -0.126. The highest BCUT2D eigenvalue weighted by Crippen LogP contribution is 2.13. The van der Waals surface area contributed by atoms with Crippen LogP contribution < -0.4 is 5.32 Å². The number of aromatic nitrogens is 1. The van der Waals surface area contributed by atoms with Gasteiger partial charge in [0.2, 0.25) is 0 Å². The molecular formula is C22H22N2O. The van der Waals surface area contributed by atoms with Crippen LogP contribution in [-0.2, 0) is 12.8 Å². The lowest BCUT2D eigenvalue weighted by atomic mass is 10.0. The van der Waals surface area contributed by atoms with Gasteiger partial charge in [0.1, 0.15) is 5.82 Å². The molecule has 0 atom stereocenters. The van der Waals surface area contributed by atoms with Crippen molar-refractivity contribution in [2.75, 3.05) is 5.32 Å². The van der Waals surface area contributed by atoms with Crippen LogP contribution in [-0.4, -0.2) is 10.9 Å². The molecule has 1 amide bonds. The highest BCUT2D eigenvalue weighted by molar-refractivity contribution is 6.03. The number of benzene rings is 2. The Labute approximate surface area is 148 Å². The van der Waals surface area contributed by atoms with Crippen LogP contribution in [0.5, 0.6) is 0 Å². The molecule has 1 aromatic heterocycles. The lowest BCUT2D eigenvalue weighted by Crippen LogP contribution is -2.13. The highest BCUT2D eigenvalue weighted by atomic mass is 16.1. The van der Waals surface area contributed by atoms with E-state index in [4.69, 9.17) is 0 Å². The van der Waals surface area contributed by atoms with Crippen molar-refractivity contribution in [2.45, 2.75) is 26.7 Å². The summed E-state index contributed by atoms with van der Waals surface area (Å²) < 4.78 is 0. The van der Waals surface area contributed by atoms with E-state index in [1.54, 1.807) is 0 Å². The van der Waals surface area contributed by atoms with Crippen molar-refractivity contribution in [3.8, 4) is 0 Å². The van der Waals surface area contributed by atoms with Gasteiger partial charge in [0.25, 0.3) is 5.91 Å². The summed E-state index contributed by atoms with van der Waals surface area (Å²) in [6, 6.07) is 22.0. The predicted octanol–water partition coefficient (Wildman–Crippen LogP) is 4.74. The summed E-state index contributed by atoms with van der Waals surface area (Å²) in [7, 11) is 0. The Bertz CT molecular complexity index is 852. The average Bonchev–Trinajstić information content (AvgIpc) is 2.60. The molecule has 0 saturated heterocycles. The van der Waals surface area contributed by atoms with Gasteiger partial charge in [-0.25, -0.2) is 4.98 Å². The molecule has 0 saturated carbocycles. The molecule has 3 heteroatoms. The van der Waals surface area contributed by atoms with Gasteiger partial charge in [0, 0.05) is 11.3 Å². The Morgan fingerprint density at radius 1 is 0.880 bits per heavy atom. The van der Waals surface area contributed by atoms with Gasteiger partial charge in [0.05, 0.1) is 0 Å². The molecule has 1 heterocycles. The first kappa shape index (κ1) is 16.9. The number of rotatable bonds is 5. The number of nitrogens with one attached hydrogen (secondary N) is 1. The lowest BCUT2D eigenvalue weighted by Gasteiger charge is -2.08. The minimum Gasteiger partial charge on any atom is -0.307 e. The number of nitrogens with zero attached hydrogens (tertiary/aromatic N) is 1. The Balaban J connectivity index is 1.68. The maximum absolute atomic E-state index is 12.5. The van der Waals surface area contributed by atoms with Gasteiger partial charge in [-0.3, -0.25) is 4.79 Å². The molecule has 0 spiro atoms. The zero-order chi connectivity index (χ0) is 17.6. The third-order valence-corrected chi connectivity index (χ3v) is 4.07. The summed E-state index contributed by atoms with van der Waals surface area (Å²) in [5.74, 6) is 0.469. The summed E-state index contributed by atoms with van der Waals surface area (Å²) >= 11 is 0. The van der Waals surface area contributed by atoms with E-state index in [2.05, 4.69) is 40.6 Å². The Kier molecular flexibility index (Phi) is 5.24. The molecule has 0 radical (unpaired) electrons. The van der Waals surface area contributed by atoms with Crippen LogP contribution in [0.15, 0.2) is 66.7 Å². The van der Waals surface area contributed by atoms with Gasteiger partial charge in [-0.1, -0.05) is 42.5 Å². The normalized spacial score (nSPS) is 10.5. The van der Waals surface area contributed by atoms with Crippen LogP contribution in [0.25, 0.3) is 0 Å². The monoisotopic (exact) mass is 330 g/mol. The second kappa shape index (κ2) is 7.75. The smallest absolute Gasteiger partial charge is 0.256 e. The van der Waals surface area contributed by atoms with Crippen molar-refractivity contribution in [1.29, 1.82) is 0 Å². The number of carbonyl (C=O) groups excluding carboxylic acids is 1. The standard InChI is InChI=1S/C22H22N2O/c1-16-13-17(2)23-21(14-16)24-22(25)20-10-6-9-19(15-20)12-11-18-7-4-3-5-8-18/h3-10,13-15H,11-12H2,1-2H3,(H,23,24,25). The zero-order valence-corrected chi connectivity index (χ0v) is 14.6. The highest BCUT2D eigenvalue weighted by Gasteiger charge is 2.08. The Morgan fingerprint density at radius 2 is 1.60 bits per heavy atom. The van der Waals surface area contributed by atoms with Crippen molar-refractivity contribution in [3.63, 3.8) is 0 Å². The van der Waals surface area contributed by atoms with E-state index in [1.807, 2.05) is 50.2 Å². The zero-order valence-electron chi connectivity index (χ0n) is 14.6. The fourth-order valence-electron chi connectivity index (χ4n) is 2.90. The molecule has 0 aliphatic heterocycles. The molecule has 2 aromatic carbocycles. The summed E-state index contributed by atoms with van der Waals surface area (Å²) in [5, 5.41) is 2.89. The van der Waals surface area contributed by atoms with Crippen LogP contribution in [0.3, 0.4) is 0 Å². The first-order valence-electron chi connectivity index (χ1n) is 8.50. The van der Waals surface area contributed by atoms with Gasteiger partial charge in [-0.15, -0.1) is 0 Å². The molecule has 0 fully saturated rings.